The smallest absolute Gasteiger partial charge is 0.241 e. The maximum atomic E-state index is 12.4. The number of hydrogen-bond donors (Lipinski definition) is 2. The van der Waals surface area contributed by atoms with Crippen LogP contribution in [0.3, 0.4) is 0 Å². The fourth-order valence-corrected chi connectivity index (χ4v) is 3.29. The highest BCUT2D eigenvalue weighted by Gasteiger charge is 2.19. The van der Waals surface area contributed by atoms with E-state index in [-0.39, 0.29) is 11.4 Å². The number of hydrogen-bond acceptors (Lipinski definition) is 5. The maximum absolute atomic E-state index is 12.4. The van der Waals surface area contributed by atoms with Gasteiger partial charge in [-0.05, 0) is 37.1 Å². The quantitative estimate of drug-likeness (QED) is 0.822. The number of nitrogen functional groups attached to an aromatic ring is 1. The zero-order chi connectivity index (χ0) is 15.6. The van der Waals surface area contributed by atoms with Gasteiger partial charge in [0, 0.05) is 12.1 Å². The van der Waals surface area contributed by atoms with Crippen molar-refractivity contribution < 1.29 is 12.8 Å². The molecule has 1 heterocycles. The second kappa shape index (κ2) is 5.87. The number of anilines is 1. The number of nitrogens with two attached hydrogens (primary N) is 1. The molecule has 0 saturated heterocycles. The number of aryl methyl sites for hydroxylation is 2. The molecule has 0 aliphatic carbocycles. The molecule has 0 aliphatic rings. The summed E-state index contributed by atoms with van der Waals surface area (Å²) in [6.45, 7) is 5.43. The van der Waals surface area contributed by atoms with Crippen LogP contribution in [0.1, 0.15) is 29.7 Å². The molecule has 0 radical (unpaired) electrons. The predicted molar refractivity (Wildman–Crippen MR) is 80.2 cm³/mol. The van der Waals surface area contributed by atoms with E-state index in [1.54, 1.807) is 32.2 Å². The van der Waals surface area contributed by atoms with E-state index in [0.29, 0.717) is 23.6 Å². The number of rotatable bonds is 5. The predicted octanol–water partition coefficient (Wildman–Crippen LogP) is 1.91. The fourth-order valence-electron chi connectivity index (χ4n) is 1.96. The molecular weight excluding hydrogens is 290 g/mol. The van der Waals surface area contributed by atoms with Crippen molar-refractivity contribution in [2.24, 2.45) is 0 Å². The van der Waals surface area contributed by atoms with Crippen molar-refractivity contribution in [2.75, 3.05) is 5.73 Å². The first kappa shape index (κ1) is 15.5. The van der Waals surface area contributed by atoms with Gasteiger partial charge < -0.3 is 10.2 Å². The highest BCUT2D eigenvalue weighted by molar-refractivity contribution is 7.89. The van der Waals surface area contributed by atoms with Crippen LogP contribution >= 0.6 is 0 Å². The highest BCUT2D eigenvalue weighted by Crippen LogP contribution is 2.23. The number of benzene rings is 1. The van der Waals surface area contributed by atoms with Gasteiger partial charge >= 0.3 is 0 Å². The summed E-state index contributed by atoms with van der Waals surface area (Å²) in [5.41, 5.74) is 7.61. The van der Waals surface area contributed by atoms with Crippen LogP contribution in [0.2, 0.25) is 0 Å². The summed E-state index contributed by atoms with van der Waals surface area (Å²) in [7, 11) is -3.66. The van der Waals surface area contributed by atoms with E-state index in [9.17, 15) is 8.42 Å². The molecule has 6 nitrogen and oxygen atoms in total. The van der Waals surface area contributed by atoms with Gasteiger partial charge in [-0.2, -0.15) is 0 Å². The molecule has 0 bridgehead atoms. The number of nitrogens with one attached hydrogen (secondary N) is 1. The first-order valence-electron chi connectivity index (χ1n) is 6.63. The Morgan fingerprint density at radius 3 is 2.67 bits per heavy atom. The van der Waals surface area contributed by atoms with Crippen molar-refractivity contribution in [2.45, 2.75) is 38.6 Å². The molecule has 0 saturated carbocycles. The summed E-state index contributed by atoms with van der Waals surface area (Å²) in [5, 5.41) is 0. The summed E-state index contributed by atoms with van der Waals surface area (Å²) in [6.07, 6.45) is 2.31. The van der Waals surface area contributed by atoms with Crippen LogP contribution in [0.5, 0.6) is 0 Å². The Balaban J connectivity index is 2.22. The standard InChI is InChI=1S/C14H19N3O3S/c1-4-11-7-16-14(20-11)8-17-21(18,19)13-6-9(2)5-12(15)10(13)3/h5-7,17H,4,8,15H2,1-3H3. The van der Waals surface area contributed by atoms with E-state index in [1.165, 1.54) is 0 Å². The molecule has 0 spiro atoms. The van der Waals surface area contributed by atoms with Crippen molar-refractivity contribution in [3.63, 3.8) is 0 Å². The molecule has 2 rings (SSSR count). The van der Waals surface area contributed by atoms with Crippen molar-refractivity contribution in [1.82, 2.24) is 9.71 Å². The van der Waals surface area contributed by atoms with Crippen LogP contribution in [-0.2, 0) is 23.0 Å². The van der Waals surface area contributed by atoms with Crippen LogP contribution in [0.25, 0.3) is 0 Å². The average Bonchev–Trinajstić information content (AvgIpc) is 2.88. The van der Waals surface area contributed by atoms with Gasteiger partial charge in [-0.1, -0.05) is 6.92 Å². The third kappa shape index (κ3) is 3.43. The normalized spacial score (nSPS) is 11.8. The highest BCUT2D eigenvalue weighted by atomic mass is 32.2. The van der Waals surface area contributed by atoms with Gasteiger partial charge in [0.1, 0.15) is 5.76 Å². The van der Waals surface area contributed by atoms with Crippen LogP contribution < -0.4 is 10.5 Å². The lowest BCUT2D eigenvalue weighted by atomic mass is 10.1. The molecular formula is C14H19N3O3S. The maximum Gasteiger partial charge on any atom is 0.241 e. The van der Waals surface area contributed by atoms with Gasteiger partial charge in [-0.3, -0.25) is 0 Å². The van der Waals surface area contributed by atoms with E-state index in [0.717, 1.165) is 11.3 Å². The molecule has 7 heteroatoms. The first-order chi connectivity index (χ1) is 9.83. The Bertz CT molecular complexity index is 751. The Morgan fingerprint density at radius 1 is 1.33 bits per heavy atom. The minimum Gasteiger partial charge on any atom is -0.444 e. The summed E-state index contributed by atoms with van der Waals surface area (Å²) in [5.74, 6) is 1.06. The average molecular weight is 309 g/mol. The molecule has 114 valence electrons. The van der Waals surface area contributed by atoms with Gasteiger partial charge in [0.05, 0.1) is 17.6 Å². The van der Waals surface area contributed by atoms with Crippen LogP contribution in [0.15, 0.2) is 27.6 Å². The third-order valence-corrected chi connectivity index (χ3v) is 4.72. The van der Waals surface area contributed by atoms with Crippen LogP contribution in [0.4, 0.5) is 5.69 Å². The summed E-state index contributed by atoms with van der Waals surface area (Å²) >= 11 is 0. The van der Waals surface area contributed by atoms with Crippen molar-refractivity contribution >= 4 is 15.7 Å². The van der Waals surface area contributed by atoms with E-state index in [4.69, 9.17) is 10.2 Å². The largest absolute Gasteiger partial charge is 0.444 e. The molecule has 1 aromatic carbocycles. The second-order valence-corrected chi connectivity index (χ2v) is 6.61. The zero-order valence-corrected chi connectivity index (χ0v) is 13.1. The number of sulfonamides is 1. The van der Waals surface area contributed by atoms with Gasteiger partial charge in [-0.25, -0.2) is 18.1 Å². The van der Waals surface area contributed by atoms with E-state index in [1.807, 2.05) is 6.92 Å². The number of aromatic nitrogens is 1. The summed E-state index contributed by atoms with van der Waals surface area (Å²) in [4.78, 5) is 4.21. The van der Waals surface area contributed by atoms with Gasteiger partial charge in [0.15, 0.2) is 0 Å². The SMILES string of the molecule is CCc1cnc(CNS(=O)(=O)c2cc(C)cc(N)c2C)o1. The van der Waals surface area contributed by atoms with Gasteiger partial charge in [0.2, 0.25) is 15.9 Å². The van der Waals surface area contributed by atoms with Crippen molar-refractivity contribution in [3.8, 4) is 0 Å². The molecule has 21 heavy (non-hydrogen) atoms. The Hall–Kier alpha value is -1.86. The van der Waals surface area contributed by atoms with E-state index >= 15 is 0 Å². The summed E-state index contributed by atoms with van der Waals surface area (Å²) in [6, 6.07) is 3.34. The molecule has 0 amide bonds. The third-order valence-electron chi connectivity index (χ3n) is 3.20. The molecule has 3 N–H and O–H groups in total. The van der Waals surface area contributed by atoms with Crippen LogP contribution in [-0.4, -0.2) is 13.4 Å². The van der Waals surface area contributed by atoms with E-state index in [2.05, 4.69) is 9.71 Å². The Morgan fingerprint density at radius 2 is 2.05 bits per heavy atom. The first-order valence-corrected chi connectivity index (χ1v) is 8.11. The Kier molecular flexibility index (Phi) is 4.34. The van der Waals surface area contributed by atoms with Gasteiger partial charge in [-0.15, -0.1) is 0 Å². The lowest BCUT2D eigenvalue weighted by Gasteiger charge is -2.11. The molecule has 0 aliphatic heterocycles. The molecule has 1 aromatic heterocycles. The van der Waals surface area contributed by atoms with Crippen molar-refractivity contribution in [3.05, 3.63) is 41.1 Å². The fraction of sp³-hybridized carbons (Fsp3) is 0.357. The monoisotopic (exact) mass is 309 g/mol. The number of nitrogens with zero attached hydrogens (tertiary/aromatic N) is 1. The molecule has 0 unspecified atom stereocenters. The van der Waals surface area contributed by atoms with Crippen molar-refractivity contribution in [1.29, 1.82) is 0 Å². The number of oxazole rings is 1. The Labute approximate surface area is 124 Å². The summed E-state index contributed by atoms with van der Waals surface area (Å²) < 4.78 is 32.6. The molecule has 0 fully saturated rings. The zero-order valence-electron chi connectivity index (χ0n) is 12.3. The minimum atomic E-state index is -3.66. The lowest BCUT2D eigenvalue weighted by molar-refractivity contribution is 0.452. The molecule has 0 atom stereocenters. The van der Waals surface area contributed by atoms with Gasteiger partial charge in [0.25, 0.3) is 0 Å². The second-order valence-electron chi connectivity index (χ2n) is 4.88. The topological polar surface area (TPSA) is 98.2 Å². The lowest BCUT2D eigenvalue weighted by Crippen LogP contribution is -2.24. The van der Waals surface area contributed by atoms with E-state index < -0.39 is 10.0 Å². The molecule has 2 aromatic rings. The van der Waals surface area contributed by atoms with Crippen LogP contribution in [0, 0.1) is 13.8 Å². The minimum absolute atomic E-state index is 0.00954.